The van der Waals surface area contributed by atoms with E-state index in [2.05, 4.69) is 30.8 Å². The van der Waals surface area contributed by atoms with Crippen LogP contribution in [0.2, 0.25) is 0 Å². The van der Waals surface area contributed by atoms with Gasteiger partial charge in [0, 0.05) is 24.8 Å². The second-order valence-electron chi connectivity index (χ2n) is 8.95. The lowest BCUT2D eigenvalue weighted by molar-refractivity contribution is 0.0237. The zero-order valence-electron chi connectivity index (χ0n) is 19.3. The van der Waals surface area contributed by atoms with Crippen molar-refractivity contribution in [3.63, 3.8) is 0 Å². The Labute approximate surface area is 207 Å². The van der Waals surface area contributed by atoms with Gasteiger partial charge in [-0.15, -0.1) is 10.2 Å². The molecule has 180 valence electrons. The van der Waals surface area contributed by atoms with E-state index in [-0.39, 0.29) is 6.10 Å². The average Bonchev–Trinajstić information content (AvgIpc) is 3.58. The molecule has 5 heterocycles. The van der Waals surface area contributed by atoms with Crippen molar-refractivity contribution in [2.24, 2.45) is 0 Å². The SMILES string of the molecule is c1cc(OC2CCOCC2)ncc1Nc1cnc2ccc(Nc3nnc(C4CCCC4)s3)nc2c1. The monoisotopic (exact) mass is 489 g/mol. The number of hydrogen-bond acceptors (Lipinski definition) is 10. The van der Waals surface area contributed by atoms with Crippen LogP contribution >= 0.6 is 11.3 Å². The lowest BCUT2D eigenvalue weighted by Crippen LogP contribution is -2.26. The number of pyridine rings is 3. The number of nitrogens with zero attached hydrogens (tertiary/aromatic N) is 5. The molecule has 1 aliphatic heterocycles. The van der Waals surface area contributed by atoms with Crippen molar-refractivity contribution in [2.45, 2.75) is 50.5 Å². The minimum atomic E-state index is 0.170. The summed E-state index contributed by atoms with van der Waals surface area (Å²) in [6, 6.07) is 9.69. The quantitative estimate of drug-likeness (QED) is 0.344. The normalized spacial score (nSPS) is 17.0. The van der Waals surface area contributed by atoms with Gasteiger partial charge in [0.25, 0.3) is 0 Å². The molecule has 35 heavy (non-hydrogen) atoms. The molecule has 2 N–H and O–H groups in total. The maximum atomic E-state index is 5.95. The van der Waals surface area contributed by atoms with Gasteiger partial charge in [-0.3, -0.25) is 4.98 Å². The summed E-state index contributed by atoms with van der Waals surface area (Å²) in [6.45, 7) is 1.49. The Balaban J connectivity index is 1.12. The third-order valence-electron chi connectivity index (χ3n) is 6.40. The predicted molar refractivity (Wildman–Crippen MR) is 136 cm³/mol. The van der Waals surface area contributed by atoms with Gasteiger partial charge in [-0.25, -0.2) is 9.97 Å². The van der Waals surface area contributed by atoms with Crippen molar-refractivity contribution in [3.05, 3.63) is 47.7 Å². The molecule has 4 aromatic rings. The Bertz CT molecular complexity index is 1280. The topological polar surface area (TPSA) is 107 Å². The summed E-state index contributed by atoms with van der Waals surface area (Å²) >= 11 is 1.62. The van der Waals surface area contributed by atoms with E-state index < -0.39 is 0 Å². The summed E-state index contributed by atoms with van der Waals surface area (Å²) < 4.78 is 11.3. The molecule has 6 rings (SSSR count). The molecule has 0 amide bonds. The van der Waals surface area contributed by atoms with E-state index in [4.69, 9.17) is 14.5 Å². The predicted octanol–water partition coefficient (Wildman–Crippen LogP) is 5.58. The van der Waals surface area contributed by atoms with E-state index in [1.807, 2.05) is 30.3 Å². The molecule has 0 unspecified atom stereocenters. The lowest BCUT2D eigenvalue weighted by atomic mass is 10.1. The number of anilines is 4. The van der Waals surface area contributed by atoms with Crippen LogP contribution in [-0.2, 0) is 4.74 Å². The smallest absolute Gasteiger partial charge is 0.213 e. The molecule has 9 nitrogen and oxygen atoms in total. The lowest BCUT2D eigenvalue weighted by Gasteiger charge is -2.22. The van der Waals surface area contributed by atoms with Crippen molar-refractivity contribution in [2.75, 3.05) is 23.8 Å². The molecule has 10 heteroatoms. The Hall–Kier alpha value is -3.37. The van der Waals surface area contributed by atoms with Gasteiger partial charge in [0.05, 0.1) is 48.0 Å². The fourth-order valence-corrected chi connectivity index (χ4v) is 5.45. The van der Waals surface area contributed by atoms with Crippen LogP contribution in [0, 0.1) is 0 Å². The highest BCUT2D eigenvalue weighted by Gasteiger charge is 2.21. The number of hydrogen-bond donors (Lipinski definition) is 2. The highest BCUT2D eigenvalue weighted by atomic mass is 32.1. The molecule has 0 spiro atoms. The van der Waals surface area contributed by atoms with Gasteiger partial charge in [0.2, 0.25) is 11.0 Å². The van der Waals surface area contributed by atoms with Crippen molar-refractivity contribution < 1.29 is 9.47 Å². The summed E-state index contributed by atoms with van der Waals surface area (Å²) in [5.74, 6) is 1.91. The second-order valence-corrected chi connectivity index (χ2v) is 9.96. The van der Waals surface area contributed by atoms with Crippen LogP contribution < -0.4 is 15.4 Å². The molecule has 0 atom stereocenters. The fraction of sp³-hybridized carbons (Fsp3) is 0.400. The maximum absolute atomic E-state index is 5.95. The van der Waals surface area contributed by atoms with E-state index in [0.29, 0.717) is 11.8 Å². The third kappa shape index (κ3) is 5.33. The molecule has 0 radical (unpaired) electrons. The summed E-state index contributed by atoms with van der Waals surface area (Å²) in [5.41, 5.74) is 3.30. The molecule has 1 aliphatic carbocycles. The van der Waals surface area contributed by atoms with Crippen molar-refractivity contribution in [1.29, 1.82) is 0 Å². The summed E-state index contributed by atoms with van der Waals surface area (Å²) in [5, 5.41) is 17.3. The summed E-state index contributed by atoms with van der Waals surface area (Å²) in [6.07, 6.45) is 10.5. The van der Waals surface area contributed by atoms with Gasteiger partial charge < -0.3 is 20.1 Å². The molecule has 2 aliphatic rings. The van der Waals surface area contributed by atoms with Gasteiger partial charge in [-0.1, -0.05) is 24.2 Å². The standard InChI is InChI=1S/C25H27N7O2S/c1-2-4-16(3-1)24-31-32-25(35-24)30-22-7-6-20-21(29-22)13-18(15-26-20)28-17-5-8-23(27-14-17)34-19-9-11-33-12-10-19/h5-8,13-16,19,28H,1-4,9-12H2,(H,29,30,32). The molecule has 0 bridgehead atoms. The minimum Gasteiger partial charge on any atom is -0.474 e. The first-order valence-electron chi connectivity index (χ1n) is 12.1. The second kappa shape index (κ2) is 10.1. The van der Waals surface area contributed by atoms with E-state index in [9.17, 15) is 0 Å². The maximum Gasteiger partial charge on any atom is 0.213 e. The number of fused-ring (bicyclic) bond motifs is 1. The van der Waals surface area contributed by atoms with Crippen LogP contribution in [0.15, 0.2) is 42.7 Å². The Morgan fingerprint density at radius 2 is 1.71 bits per heavy atom. The van der Waals surface area contributed by atoms with Gasteiger partial charge in [0.1, 0.15) is 16.9 Å². The van der Waals surface area contributed by atoms with E-state index in [0.717, 1.165) is 64.4 Å². The highest BCUT2D eigenvalue weighted by Crippen LogP contribution is 2.37. The summed E-state index contributed by atoms with van der Waals surface area (Å²) in [7, 11) is 0. The number of aromatic nitrogens is 5. The largest absolute Gasteiger partial charge is 0.474 e. The van der Waals surface area contributed by atoms with Crippen molar-refractivity contribution >= 4 is 44.7 Å². The third-order valence-corrected chi connectivity index (χ3v) is 7.40. The number of nitrogens with one attached hydrogen (secondary N) is 2. The molecular formula is C25H27N7O2S. The van der Waals surface area contributed by atoms with Gasteiger partial charge in [-0.05, 0) is 37.1 Å². The fourth-order valence-electron chi connectivity index (χ4n) is 4.53. The zero-order valence-corrected chi connectivity index (χ0v) is 20.1. The van der Waals surface area contributed by atoms with Crippen LogP contribution in [-0.4, -0.2) is 44.5 Å². The van der Waals surface area contributed by atoms with Crippen LogP contribution in [0.4, 0.5) is 22.3 Å². The van der Waals surface area contributed by atoms with E-state index >= 15 is 0 Å². The molecule has 4 aromatic heterocycles. The zero-order chi connectivity index (χ0) is 23.5. The Morgan fingerprint density at radius 3 is 2.54 bits per heavy atom. The van der Waals surface area contributed by atoms with Crippen LogP contribution in [0.3, 0.4) is 0 Å². The number of ether oxygens (including phenoxy) is 2. The average molecular weight is 490 g/mol. The first-order chi connectivity index (χ1) is 17.3. The van der Waals surface area contributed by atoms with Crippen molar-refractivity contribution in [3.8, 4) is 5.88 Å². The molecule has 1 saturated carbocycles. The van der Waals surface area contributed by atoms with Gasteiger partial charge >= 0.3 is 0 Å². The Morgan fingerprint density at radius 1 is 0.857 bits per heavy atom. The van der Waals surface area contributed by atoms with Crippen molar-refractivity contribution in [1.82, 2.24) is 25.1 Å². The highest BCUT2D eigenvalue weighted by molar-refractivity contribution is 7.15. The molecule has 2 fully saturated rings. The van der Waals surface area contributed by atoms with Gasteiger partial charge in [-0.2, -0.15) is 0 Å². The van der Waals surface area contributed by atoms with Crippen LogP contribution in [0.5, 0.6) is 5.88 Å². The minimum absolute atomic E-state index is 0.170. The molecular weight excluding hydrogens is 462 g/mol. The van der Waals surface area contributed by atoms with Crippen LogP contribution in [0.25, 0.3) is 11.0 Å². The van der Waals surface area contributed by atoms with Crippen LogP contribution in [0.1, 0.15) is 49.5 Å². The molecule has 1 saturated heterocycles. The summed E-state index contributed by atoms with van der Waals surface area (Å²) in [4.78, 5) is 13.7. The first kappa shape index (κ1) is 22.1. The number of rotatable bonds is 7. The van der Waals surface area contributed by atoms with Gasteiger partial charge in [0.15, 0.2) is 0 Å². The van der Waals surface area contributed by atoms with E-state index in [1.165, 1.54) is 25.7 Å². The Kier molecular flexibility index (Phi) is 6.37. The van der Waals surface area contributed by atoms with E-state index in [1.54, 1.807) is 23.7 Å². The first-order valence-corrected chi connectivity index (χ1v) is 12.9. The molecule has 0 aromatic carbocycles.